The van der Waals surface area contributed by atoms with Gasteiger partial charge < -0.3 is 19.4 Å². The topological polar surface area (TPSA) is 84.2 Å². The molecule has 1 aromatic carbocycles. The number of rotatable bonds is 3. The molecule has 0 radical (unpaired) electrons. The number of carbonyl (C=O) groups is 2. The van der Waals surface area contributed by atoms with E-state index in [4.69, 9.17) is 9.47 Å². The van der Waals surface area contributed by atoms with E-state index in [0.717, 1.165) is 27.2 Å². The van der Waals surface area contributed by atoms with Gasteiger partial charge in [-0.15, -0.1) is 0 Å². The molecule has 0 saturated carbocycles. The molecule has 0 bridgehead atoms. The fraction of sp³-hybridized carbons (Fsp3) is 0.158. The number of hydrogen-bond acceptors (Lipinski definition) is 5. The highest BCUT2D eigenvalue weighted by Gasteiger charge is 2.40. The second-order valence-electron chi connectivity index (χ2n) is 5.80. The fourth-order valence-electron chi connectivity index (χ4n) is 3.34. The first-order chi connectivity index (χ1) is 12.7. The molecule has 0 amide bonds. The zero-order valence-corrected chi connectivity index (χ0v) is 15.0. The van der Waals surface area contributed by atoms with Crippen LogP contribution < -0.4 is 0 Å². The summed E-state index contributed by atoms with van der Waals surface area (Å²) in [5.41, 5.74) is 2.97. The van der Waals surface area contributed by atoms with E-state index < -0.39 is 17.9 Å². The van der Waals surface area contributed by atoms with E-state index >= 15 is 0 Å². The van der Waals surface area contributed by atoms with Crippen molar-refractivity contribution in [3.63, 3.8) is 0 Å². The largest absolute Gasteiger partial charge is 0.466 e. The zero-order chi connectivity index (χ0) is 18.3. The lowest BCUT2D eigenvalue weighted by Crippen LogP contribution is -2.23. The van der Waals surface area contributed by atoms with Gasteiger partial charge in [-0.25, -0.2) is 9.59 Å². The molecule has 4 rings (SSSR count). The zero-order valence-electron chi connectivity index (χ0n) is 14.2. The molecule has 0 aliphatic carbocycles. The van der Waals surface area contributed by atoms with Gasteiger partial charge in [0.25, 0.3) is 0 Å². The summed E-state index contributed by atoms with van der Waals surface area (Å²) in [6.45, 7) is 0. The first-order valence-corrected chi connectivity index (χ1v) is 8.80. The number of H-pyrrole nitrogens is 2. The van der Waals surface area contributed by atoms with E-state index in [1.54, 1.807) is 6.20 Å². The maximum absolute atomic E-state index is 12.6. The van der Waals surface area contributed by atoms with E-state index in [-0.39, 0.29) is 10.5 Å². The average molecular weight is 368 g/mol. The molecular formula is C19H16N2O4S. The lowest BCUT2D eigenvalue weighted by Gasteiger charge is -2.26. The molecule has 7 heteroatoms. The Hall–Kier alpha value is -2.93. The summed E-state index contributed by atoms with van der Waals surface area (Å²) in [6, 6.07) is 11.6. The number of benzene rings is 1. The van der Waals surface area contributed by atoms with E-state index in [2.05, 4.69) is 9.97 Å². The number of aromatic nitrogens is 2. The first kappa shape index (κ1) is 16.5. The minimum Gasteiger partial charge on any atom is -0.466 e. The number of ether oxygens (including phenoxy) is 2. The van der Waals surface area contributed by atoms with Crippen LogP contribution in [0.25, 0.3) is 10.9 Å². The monoisotopic (exact) mass is 368 g/mol. The molecule has 0 fully saturated rings. The molecule has 1 atom stereocenters. The standard InChI is InChI=1S/C19H16N2O4S/c1-24-18(22)15-14(12-8-5-9-20-12)13-10-6-3-4-7-11(10)21-17(13)26-16(15)19(23)25-2/h3-9,14,20-21H,1-2H3. The Labute approximate surface area is 153 Å². The van der Waals surface area contributed by atoms with E-state index in [0.29, 0.717) is 0 Å². The summed E-state index contributed by atoms with van der Waals surface area (Å²) in [6.07, 6.45) is 1.79. The predicted octanol–water partition coefficient (Wildman–Crippen LogP) is 3.33. The average Bonchev–Trinajstić information content (AvgIpc) is 3.32. The van der Waals surface area contributed by atoms with Crippen LogP contribution in [0, 0.1) is 0 Å². The Morgan fingerprint density at radius 2 is 1.81 bits per heavy atom. The van der Waals surface area contributed by atoms with Crippen LogP contribution in [-0.2, 0) is 19.1 Å². The second-order valence-corrected chi connectivity index (χ2v) is 6.82. The minimum absolute atomic E-state index is 0.234. The van der Waals surface area contributed by atoms with E-state index in [9.17, 15) is 9.59 Å². The van der Waals surface area contributed by atoms with Gasteiger partial charge in [0, 0.05) is 28.4 Å². The van der Waals surface area contributed by atoms with Gasteiger partial charge >= 0.3 is 11.9 Å². The number of fused-ring (bicyclic) bond motifs is 3. The van der Waals surface area contributed by atoms with Gasteiger partial charge in [0.2, 0.25) is 0 Å². The van der Waals surface area contributed by atoms with Crippen molar-refractivity contribution >= 4 is 34.6 Å². The molecule has 0 saturated heterocycles. The number of methoxy groups -OCH3 is 2. The summed E-state index contributed by atoms with van der Waals surface area (Å²) in [7, 11) is 2.61. The molecule has 1 aliphatic heterocycles. The smallest absolute Gasteiger partial charge is 0.345 e. The van der Waals surface area contributed by atoms with Crippen LogP contribution in [0.2, 0.25) is 0 Å². The number of thioether (sulfide) groups is 1. The van der Waals surface area contributed by atoms with Crippen LogP contribution in [0.5, 0.6) is 0 Å². The maximum Gasteiger partial charge on any atom is 0.345 e. The van der Waals surface area contributed by atoms with Crippen LogP contribution >= 0.6 is 11.8 Å². The van der Waals surface area contributed by atoms with Crippen molar-refractivity contribution in [2.75, 3.05) is 14.2 Å². The number of esters is 2. The van der Waals surface area contributed by atoms with Gasteiger partial charge in [-0.3, -0.25) is 0 Å². The number of carbonyl (C=O) groups excluding carboxylic acids is 2. The molecule has 3 heterocycles. The SMILES string of the molecule is COC(=O)C1=C(C(=O)OC)C(c2ccc[nH]2)c2c([nH]c3ccccc23)S1. The van der Waals surface area contributed by atoms with Crippen molar-refractivity contribution in [3.8, 4) is 0 Å². The summed E-state index contributed by atoms with van der Waals surface area (Å²) >= 11 is 1.20. The molecule has 2 N–H and O–H groups in total. The van der Waals surface area contributed by atoms with Gasteiger partial charge in [-0.2, -0.15) is 0 Å². The van der Waals surface area contributed by atoms with Crippen molar-refractivity contribution in [1.29, 1.82) is 0 Å². The predicted molar refractivity (Wildman–Crippen MR) is 97.8 cm³/mol. The van der Waals surface area contributed by atoms with Crippen molar-refractivity contribution in [3.05, 3.63) is 64.3 Å². The van der Waals surface area contributed by atoms with Crippen molar-refractivity contribution < 1.29 is 19.1 Å². The maximum atomic E-state index is 12.6. The lowest BCUT2D eigenvalue weighted by atomic mass is 9.87. The van der Waals surface area contributed by atoms with Gasteiger partial charge in [0.05, 0.1) is 30.7 Å². The van der Waals surface area contributed by atoms with Gasteiger partial charge in [0.15, 0.2) is 0 Å². The summed E-state index contributed by atoms with van der Waals surface area (Å²) in [5, 5.41) is 1.82. The highest BCUT2D eigenvalue weighted by molar-refractivity contribution is 8.04. The van der Waals surface area contributed by atoms with Crippen LogP contribution in [0.1, 0.15) is 17.2 Å². The van der Waals surface area contributed by atoms with Crippen LogP contribution in [0.4, 0.5) is 0 Å². The van der Waals surface area contributed by atoms with Gasteiger partial charge in [-0.05, 0) is 18.2 Å². The van der Waals surface area contributed by atoms with E-state index in [1.807, 2.05) is 36.4 Å². The fourth-order valence-corrected chi connectivity index (χ4v) is 4.52. The molecule has 26 heavy (non-hydrogen) atoms. The number of nitrogens with one attached hydrogen (secondary N) is 2. The highest BCUT2D eigenvalue weighted by Crippen LogP contribution is 2.50. The van der Waals surface area contributed by atoms with Gasteiger partial charge in [-0.1, -0.05) is 30.0 Å². The van der Waals surface area contributed by atoms with E-state index in [1.165, 1.54) is 26.0 Å². The Morgan fingerprint density at radius 1 is 1.04 bits per heavy atom. The molecule has 0 spiro atoms. The van der Waals surface area contributed by atoms with Crippen molar-refractivity contribution in [1.82, 2.24) is 9.97 Å². The molecule has 6 nitrogen and oxygen atoms in total. The first-order valence-electron chi connectivity index (χ1n) is 7.98. The third-order valence-electron chi connectivity index (χ3n) is 4.45. The Bertz CT molecular complexity index is 1030. The third-order valence-corrected chi connectivity index (χ3v) is 5.56. The minimum atomic E-state index is -0.559. The van der Waals surface area contributed by atoms with Crippen LogP contribution in [0.3, 0.4) is 0 Å². The molecule has 3 aromatic rings. The molecular weight excluding hydrogens is 352 g/mol. The summed E-state index contributed by atoms with van der Waals surface area (Å²) < 4.78 is 9.92. The number of aromatic amines is 2. The van der Waals surface area contributed by atoms with Crippen LogP contribution in [0.15, 0.2) is 58.1 Å². The summed E-state index contributed by atoms with van der Waals surface area (Å²) in [5.74, 6) is -1.57. The number of hydrogen-bond donors (Lipinski definition) is 2. The Balaban J connectivity index is 2.05. The number of para-hydroxylation sites is 1. The molecule has 132 valence electrons. The second kappa shape index (κ2) is 6.42. The van der Waals surface area contributed by atoms with Crippen molar-refractivity contribution in [2.45, 2.75) is 10.9 Å². The quantitative estimate of drug-likeness (QED) is 0.693. The van der Waals surface area contributed by atoms with Crippen molar-refractivity contribution in [2.24, 2.45) is 0 Å². The molecule has 2 aromatic heterocycles. The Morgan fingerprint density at radius 3 is 2.50 bits per heavy atom. The molecule has 1 aliphatic rings. The van der Waals surface area contributed by atoms with Crippen LogP contribution in [-0.4, -0.2) is 36.1 Å². The van der Waals surface area contributed by atoms with Gasteiger partial charge in [0.1, 0.15) is 4.91 Å². The Kier molecular flexibility index (Phi) is 4.08. The normalized spacial score (nSPS) is 16.5. The highest BCUT2D eigenvalue weighted by atomic mass is 32.2. The summed E-state index contributed by atoms with van der Waals surface area (Å²) in [4.78, 5) is 31.8. The molecule has 1 unspecified atom stereocenters. The lowest BCUT2D eigenvalue weighted by molar-refractivity contribution is -0.139. The third kappa shape index (κ3) is 2.43.